The zero-order valence-corrected chi connectivity index (χ0v) is 24.4. The molecule has 3 aliphatic carbocycles. The van der Waals surface area contributed by atoms with Crippen LogP contribution in [0.4, 0.5) is 0 Å². The van der Waals surface area contributed by atoms with Crippen LogP contribution in [0.1, 0.15) is 66.7 Å². The largest absolute Gasteiger partial charge is 0.393 e. The molecule has 0 radical (unpaired) electrons. The van der Waals surface area contributed by atoms with E-state index < -0.39 is 6.10 Å². The molecule has 6 aliphatic rings. The Morgan fingerprint density at radius 2 is 1.86 bits per heavy atom. The Balaban J connectivity index is 1.43. The van der Waals surface area contributed by atoms with Gasteiger partial charge in [0.15, 0.2) is 0 Å². The number of carbonyl (C=O) groups excluding carboxylic acids is 1. The molecule has 3 heterocycles. The lowest BCUT2D eigenvalue weighted by atomic mass is 9.42. The van der Waals surface area contributed by atoms with Gasteiger partial charge in [-0.1, -0.05) is 27.7 Å². The molecule has 208 valence electrons. The molecular weight excluding hydrogens is 486 g/mol. The minimum atomic E-state index is -0.476. The van der Waals surface area contributed by atoms with Gasteiger partial charge in [-0.3, -0.25) is 9.80 Å². The number of ether oxygens (including phenoxy) is 2. The van der Waals surface area contributed by atoms with Crippen molar-refractivity contribution in [2.75, 3.05) is 32.6 Å². The van der Waals surface area contributed by atoms with Gasteiger partial charge in [0.1, 0.15) is 0 Å². The second-order valence-electron chi connectivity index (χ2n) is 13.8. The maximum atomic E-state index is 12.8. The average molecular weight is 534 g/mol. The molecule has 1 amide bonds. The van der Waals surface area contributed by atoms with Crippen LogP contribution in [0.5, 0.6) is 0 Å². The molecule has 0 aromatic heterocycles. The average Bonchev–Trinajstić information content (AvgIpc) is 3.14. The summed E-state index contributed by atoms with van der Waals surface area (Å²) in [4.78, 5) is 12.8. The van der Waals surface area contributed by atoms with Crippen molar-refractivity contribution in [1.82, 2.24) is 10.3 Å². The number of morpholine rings is 1. The van der Waals surface area contributed by atoms with E-state index in [1.165, 1.54) is 12.1 Å². The number of carbonyl (C=O) groups is 1. The molecular formula is C29H47N3O4S. The zero-order chi connectivity index (χ0) is 26.3. The van der Waals surface area contributed by atoms with E-state index in [9.17, 15) is 9.90 Å². The Bertz CT molecular complexity index is 953. The van der Waals surface area contributed by atoms with Crippen LogP contribution >= 0.6 is 11.8 Å². The monoisotopic (exact) mass is 533 g/mol. The van der Waals surface area contributed by atoms with Crippen LogP contribution in [0.15, 0.2) is 5.10 Å². The highest BCUT2D eigenvalue weighted by Gasteiger charge is 2.71. The van der Waals surface area contributed by atoms with Crippen molar-refractivity contribution in [3.63, 3.8) is 0 Å². The predicted molar refractivity (Wildman–Crippen MR) is 146 cm³/mol. The van der Waals surface area contributed by atoms with Crippen LogP contribution < -0.4 is 5.32 Å². The topological polar surface area (TPSA) is 83.4 Å². The molecule has 2 N–H and O–H groups in total. The third kappa shape index (κ3) is 3.71. The highest BCUT2D eigenvalue weighted by Crippen LogP contribution is 2.69. The van der Waals surface area contributed by atoms with Crippen LogP contribution in [0.2, 0.25) is 0 Å². The maximum absolute atomic E-state index is 12.8. The lowest BCUT2D eigenvalue weighted by Gasteiger charge is -2.70. The number of amides is 1. The normalized spacial score (nSPS) is 52.1. The number of thioether (sulfide) groups is 1. The molecule has 3 saturated carbocycles. The Kier molecular flexibility index (Phi) is 6.49. The number of nitrogens with zero attached hydrogens (tertiary/aromatic N) is 2. The van der Waals surface area contributed by atoms with Crippen molar-refractivity contribution in [3.05, 3.63) is 0 Å². The highest BCUT2D eigenvalue weighted by molar-refractivity contribution is 7.99. The van der Waals surface area contributed by atoms with Gasteiger partial charge in [-0.2, -0.15) is 16.9 Å². The van der Waals surface area contributed by atoms with Gasteiger partial charge in [-0.05, 0) is 62.5 Å². The Hall–Kier alpha value is -0.830. The van der Waals surface area contributed by atoms with Gasteiger partial charge in [-0.15, -0.1) is 0 Å². The Morgan fingerprint density at radius 3 is 2.57 bits per heavy atom. The minimum Gasteiger partial charge on any atom is -0.393 e. The molecule has 6 rings (SSSR count). The fourth-order valence-corrected chi connectivity index (χ4v) is 10.7. The van der Waals surface area contributed by atoms with Crippen LogP contribution in [-0.2, 0) is 14.3 Å². The van der Waals surface area contributed by atoms with Crippen LogP contribution in [0.3, 0.4) is 0 Å². The summed E-state index contributed by atoms with van der Waals surface area (Å²) in [7, 11) is 0. The lowest BCUT2D eigenvalue weighted by molar-refractivity contribution is -0.319. The second kappa shape index (κ2) is 9.10. The Morgan fingerprint density at radius 1 is 1.14 bits per heavy atom. The first-order chi connectivity index (χ1) is 17.5. The molecule has 1 spiro atoms. The van der Waals surface area contributed by atoms with Crippen molar-refractivity contribution in [2.24, 2.45) is 45.5 Å². The summed E-state index contributed by atoms with van der Waals surface area (Å²) in [6.45, 7) is 15.0. The Labute approximate surface area is 226 Å². The minimum absolute atomic E-state index is 0.0279. The van der Waals surface area contributed by atoms with Crippen molar-refractivity contribution in [1.29, 1.82) is 0 Å². The van der Waals surface area contributed by atoms with E-state index >= 15 is 0 Å². The van der Waals surface area contributed by atoms with Gasteiger partial charge in [-0.25, -0.2) is 0 Å². The standard InChI is InChI=1S/C29H47N3O4S/c1-16-7-8-22-27(3,4)25(31-32-9-11-35-12-10-32)21(37-6)15-29(22)28(16,5)14-19-20(33)13-18-23(24(19)36-29)17(2)30-26(18)34/h16-24,33H,7-15H2,1-6H3,(H,30,34). The van der Waals surface area contributed by atoms with Crippen molar-refractivity contribution in [3.8, 4) is 0 Å². The van der Waals surface area contributed by atoms with Gasteiger partial charge in [0.25, 0.3) is 0 Å². The predicted octanol–water partition coefficient (Wildman–Crippen LogP) is 3.55. The summed E-state index contributed by atoms with van der Waals surface area (Å²) in [5.74, 6) is 1.06. The second-order valence-corrected chi connectivity index (χ2v) is 14.8. The van der Waals surface area contributed by atoms with E-state index in [1.54, 1.807) is 0 Å². The summed E-state index contributed by atoms with van der Waals surface area (Å²) in [5.41, 5.74) is 0.883. The number of aliphatic hydroxyl groups excluding tert-OH is 1. The van der Waals surface area contributed by atoms with Crippen LogP contribution in [-0.4, -0.2) is 83.4 Å². The molecule has 3 aliphatic heterocycles. The molecule has 11 atom stereocenters. The number of fused-ring (bicyclic) bond motifs is 3. The summed E-state index contributed by atoms with van der Waals surface area (Å²) in [5, 5.41) is 22.4. The zero-order valence-electron chi connectivity index (χ0n) is 23.5. The van der Waals surface area contributed by atoms with E-state index in [1.807, 2.05) is 11.8 Å². The van der Waals surface area contributed by atoms with Crippen molar-refractivity contribution in [2.45, 2.75) is 95.8 Å². The fraction of sp³-hybridized carbons (Fsp3) is 0.931. The van der Waals surface area contributed by atoms with E-state index in [-0.39, 0.29) is 57.5 Å². The van der Waals surface area contributed by atoms with Crippen LogP contribution in [0, 0.1) is 40.4 Å². The van der Waals surface area contributed by atoms with Gasteiger partial charge in [0.2, 0.25) is 5.91 Å². The summed E-state index contributed by atoms with van der Waals surface area (Å²) >= 11 is 1.92. The van der Waals surface area contributed by atoms with E-state index in [4.69, 9.17) is 14.6 Å². The van der Waals surface area contributed by atoms with Gasteiger partial charge in [0.05, 0.1) is 49.8 Å². The van der Waals surface area contributed by atoms with E-state index in [0.717, 1.165) is 45.6 Å². The number of hydrazone groups is 1. The molecule has 3 saturated heterocycles. The first-order valence-electron chi connectivity index (χ1n) is 14.6. The van der Waals surface area contributed by atoms with E-state index in [2.05, 4.69) is 51.2 Å². The number of rotatable bonds is 2. The SMILES string of the molecule is CSC1CC23OC4C(CC2(C)C(C)CCC3C(C)(C)C1=NN1CCOCC1)C(O)CC1C(=O)NC(C)C14. The number of hydrogen-bond donors (Lipinski definition) is 2. The molecule has 37 heavy (non-hydrogen) atoms. The summed E-state index contributed by atoms with van der Waals surface area (Å²) < 4.78 is 13.2. The maximum Gasteiger partial charge on any atom is 0.223 e. The molecule has 6 fully saturated rings. The summed E-state index contributed by atoms with van der Waals surface area (Å²) in [6.07, 6.45) is 6.49. The van der Waals surface area contributed by atoms with Gasteiger partial charge >= 0.3 is 0 Å². The molecule has 7 nitrogen and oxygen atoms in total. The fourth-order valence-electron chi connectivity index (χ4n) is 9.72. The van der Waals surface area contributed by atoms with Crippen molar-refractivity contribution < 1.29 is 19.4 Å². The van der Waals surface area contributed by atoms with Crippen LogP contribution in [0.25, 0.3) is 0 Å². The summed E-state index contributed by atoms with van der Waals surface area (Å²) in [6, 6.07) is 0.0871. The number of hydrogen-bond acceptors (Lipinski definition) is 7. The molecule has 0 bridgehead atoms. The third-order valence-electron chi connectivity index (χ3n) is 11.9. The molecule has 0 aromatic carbocycles. The quantitative estimate of drug-likeness (QED) is 0.565. The van der Waals surface area contributed by atoms with Crippen molar-refractivity contribution >= 4 is 23.4 Å². The highest BCUT2D eigenvalue weighted by atomic mass is 32.2. The first kappa shape index (κ1) is 26.4. The first-order valence-corrected chi connectivity index (χ1v) is 15.9. The third-order valence-corrected chi connectivity index (χ3v) is 12.9. The number of aliphatic hydroxyl groups is 1. The molecule has 11 unspecified atom stereocenters. The lowest BCUT2D eigenvalue weighted by Crippen LogP contribution is -2.74. The molecule has 0 aromatic rings. The van der Waals surface area contributed by atoms with E-state index in [0.29, 0.717) is 18.3 Å². The smallest absolute Gasteiger partial charge is 0.223 e. The number of nitrogens with one attached hydrogen (secondary N) is 1. The van der Waals surface area contributed by atoms with Gasteiger partial charge in [0, 0.05) is 34.5 Å². The molecule has 8 heteroatoms. The van der Waals surface area contributed by atoms with Gasteiger partial charge < -0.3 is 19.9 Å².